The van der Waals surface area contributed by atoms with Crippen LogP contribution in [0.15, 0.2) is 24.3 Å². The van der Waals surface area contributed by atoms with E-state index >= 15 is 0 Å². The van der Waals surface area contributed by atoms with Crippen LogP contribution in [0.2, 0.25) is 0 Å². The first-order valence-electron chi connectivity index (χ1n) is 14.0. The van der Waals surface area contributed by atoms with E-state index in [-0.39, 0.29) is 23.8 Å². The first-order valence-corrected chi connectivity index (χ1v) is 14.0. The quantitative estimate of drug-likeness (QED) is 0.348. The van der Waals surface area contributed by atoms with Gasteiger partial charge in [-0.1, -0.05) is 39.5 Å². The van der Waals surface area contributed by atoms with Crippen LogP contribution in [-0.2, 0) is 9.59 Å². The molecule has 1 aromatic carbocycles. The zero-order valence-electron chi connectivity index (χ0n) is 21.0. The van der Waals surface area contributed by atoms with Crippen LogP contribution in [0.25, 0.3) is 0 Å². The Morgan fingerprint density at radius 1 is 0.559 bits per heavy atom. The maximum atomic E-state index is 13.1. The topological polar surface area (TPSA) is 52.6 Å². The van der Waals surface area contributed by atoms with Gasteiger partial charge < -0.3 is 9.47 Å². The van der Waals surface area contributed by atoms with E-state index in [4.69, 9.17) is 9.47 Å². The van der Waals surface area contributed by atoms with Gasteiger partial charge >= 0.3 is 11.9 Å². The Morgan fingerprint density at radius 3 is 1.29 bits per heavy atom. The van der Waals surface area contributed by atoms with Crippen LogP contribution < -0.4 is 9.47 Å². The number of ether oxygens (including phenoxy) is 2. The number of carbonyl (C=O) groups excluding carboxylic acids is 2. The molecule has 0 radical (unpaired) electrons. The molecule has 0 bridgehead atoms. The van der Waals surface area contributed by atoms with Gasteiger partial charge in [0, 0.05) is 0 Å². The highest BCUT2D eigenvalue weighted by molar-refractivity contribution is 5.77. The Hall–Kier alpha value is -1.84. The van der Waals surface area contributed by atoms with E-state index in [2.05, 4.69) is 13.8 Å². The Kier molecular flexibility index (Phi) is 7.32. The molecule has 8 unspecified atom stereocenters. The lowest BCUT2D eigenvalue weighted by Crippen LogP contribution is -2.41. The van der Waals surface area contributed by atoms with E-state index in [9.17, 15) is 9.59 Å². The fraction of sp³-hybridized carbons (Fsp3) is 0.733. The molecule has 5 rings (SSSR count). The lowest BCUT2D eigenvalue weighted by atomic mass is 9.61. The highest BCUT2D eigenvalue weighted by Crippen LogP contribution is 2.48. The smallest absolute Gasteiger partial charge is 0.314 e. The fourth-order valence-corrected chi connectivity index (χ4v) is 8.07. The van der Waals surface area contributed by atoms with Crippen LogP contribution in [0.4, 0.5) is 0 Å². The van der Waals surface area contributed by atoms with Gasteiger partial charge in [-0.15, -0.1) is 0 Å². The van der Waals surface area contributed by atoms with Gasteiger partial charge in [0.2, 0.25) is 0 Å². The van der Waals surface area contributed by atoms with Crippen LogP contribution in [0.3, 0.4) is 0 Å². The molecule has 4 fully saturated rings. The highest BCUT2D eigenvalue weighted by atomic mass is 16.5. The molecule has 4 nitrogen and oxygen atoms in total. The normalized spacial score (nSPS) is 37.7. The molecule has 0 heterocycles. The van der Waals surface area contributed by atoms with Gasteiger partial charge in [0.25, 0.3) is 0 Å². The molecule has 0 N–H and O–H groups in total. The lowest BCUT2D eigenvalue weighted by Gasteiger charge is -2.43. The molecular formula is C30H42O4. The van der Waals surface area contributed by atoms with Gasteiger partial charge in [-0.2, -0.15) is 0 Å². The van der Waals surface area contributed by atoms with Crippen molar-refractivity contribution >= 4 is 11.9 Å². The molecular weight excluding hydrogens is 424 g/mol. The van der Waals surface area contributed by atoms with Crippen LogP contribution in [0.5, 0.6) is 11.5 Å². The second-order valence-corrected chi connectivity index (χ2v) is 11.9. The van der Waals surface area contributed by atoms with E-state index < -0.39 is 0 Å². The van der Waals surface area contributed by atoms with Crippen molar-refractivity contribution in [2.24, 2.45) is 47.3 Å². The molecule has 186 valence electrons. The predicted octanol–water partition coefficient (Wildman–Crippen LogP) is 7.20. The molecule has 0 saturated heterocycles. The van der Waals surface area contributed by atoms with Crippen molar-refractivity contribution in [3.05, 3.63) is 24.3 Å². The van der Waals surface area contributed by atoms with Crippen molar-refractivity contribution in [2.75, 3.05) is 0 Å². The minimum Gasteiger partial charge on any atom is -0.426 e. The zero-order chi connectivity index (χ0) is 23.7. The second kappa shape index (κ2) is 10.4. The van der Waals surface area contributed by atoms with E-state index in [1.54, 1.807) is 24.3 Å². The first-order chi connectivity index (χ1) is 16.5. The molecule has 4 heteroatoms. The summed E-state index contributed by atoms with van der Waals surface area (Å²) in [6.07, 6.45) is 14.0. The number of esters is 2. The summed E-state index contributed by atoms with van der Waals surface area (Å²) in [6.45, 7) is 4.71. The molecule has 8 atom stereocenters. The number of hydrogen-bond acceptors (Lipinski definition) is 4. The molecule has 0 spiro atoms. The second-order valence-electron chi connectivity index (χ2n) is 11.9. The minimum absolute atomic E-state index is 0.0242. The summed E-state index contributed by atoms with van der Waals surface area (Å²) >= 11 is 0. The molecule has 0 aromatic heterocycles. The standard InChI is InChI=1S/C30H42O4/c1-19-11-17-27(25-9-5-3-7-23(19)25)29(31)33-21-13-15-22(16-14-21)34-30(32)28-18-12-20(2)24-8-4-6-10-26(24)28/h13-16,19-20,23-28H,3-12,17-18H2,1-2H3. The molecule has 4 aliphatic rings. The number of hydrogen-bond donors (Lipinski definition) is 0. The number of rotatable bonds is 4. The average Bonchev–Trinajstić information content (AvgIpc) is 2.86. The summed E-state index contributed by atoms with van der Waals surface area (Å²) in [5, 5.41) is 0. The van der Waals surface area contributed by atoms with Crippen molar-refractivity contribution in [3.63, 3.8) is 0 Å². The van der Waals surface area contributed by atoms with Gasteiger partial charge in [-0.3, -0.25) is 9.59 Å². The molecule has 4 aliphatic carbocycles. The predicted molar refractivity (Wildman–Crippen MR) is 132 cm³/mol. The summed E-state index contributed by atoms with van der Waals surface area (Å²) in [7, 11) is 0. The van der Waals surface area contributed by atoms with Gasteiger partial charge in [-0.05, 0) is 111 Å². The van der Waals surface area contributed by atoms with E-state index in [1.165, 1.54) is 38.5 Å². The van der Waals surface area contributed by atoms with Crippen LogP contribution >= 0.6 is 0 Å². The Bertz CT molecular complexity index is 790. The summed E-state index contributed by atoms with van der Waals surface area (Å²) in [5.41, 5.74) is 0. The minimum atomic E-state index is -0.0757. The molecule has 1 aromatic rings. The number of benzene rings is 1. The average molecular weight is 467 g/mol. The van der Waals surface area contributed by atoms with Crippen molar-refractivity contribution < 1.29 is 19.1 Å². The number of fused-ring (bicyclic) bond motifs is 2. The number of carbonyl (C=O) groups is 2. The summed E-state index contributed by atoms with van der Waals surface area (Å²) in [5.74, 6) is 4.75. The molecule has 34 heavy (non-hydrogen) atoms. The molecule has 4 saturated carbocycles. The third kappa shape index (κ3) is 4.93. The van der Waals surface area contributed by atoms with Gasteiger partial charge in [-0.25, -0.2) is 0 Å². The van der Waals surface area contributed by atoms with Crippen LogP contribution in [-0.4, -0.2) is 11.9 Å². The summed E-state index contributed by atoms with van der Waals surface area (Å²) in [6, 6.07) is 7.10. The monoisotopic (exact) mass is 466 g/mol. The van der Waals surface area contributed by atoms with Crippen molar-refractivity contribution in [2.45, 2.75) is 90.9 Å². The lowest BCUT2D eigenvalue weighted by molar-refractivity contribution is -0.146. The maximum absolute atomic E-state index is 13.1. The fourth-order valence-electron chi connectivity index (χ4n) is 8.07. The van der Waals surface area contributed by atoms with Crippen LogP contribution in [0, 0.1) is 47.3 Å². The zero-order valence-corrected chi connectivity index (χ0v) is 21.0. The Labute approximate surface area is 205 Å². The van der Waals surface area contributed by atoms with Gasteiger partial charge in [0.05, 0.1) is 11.8 Å². The third-order valence-corrected chi connectivity index (χ3v) is 9.98. The summed E-state index contributed by atoms with van der Waals surface area (Å²) in [4.78, 5) is 26.1. The SMILES string of the molecule is CC1CCC(C(=O)Oc2ccc(OC(=O)C3CCC(C)C4CCCCC34)cc2)C2CCCCC12. The van der Waals surface area contributed by atoms with E-state index in [0.717, 1.165) is 50.4 Å². The Morgan fingerprint density at radius 2 is 0.912 bits per heavy atom. The first kappa shape index (κ1) is 23.9. The van der Waals surface area contributed by atoms with Crippen molar-refractivity contribution in [1.82, 2.24) is 0 Å². The highest BCUT2D eigenvalue weighted by Gasteiger charge is 2.43. The van der Waals surface area contributed by atoms with Crippen molar-refractivity contribution in [1.29, 1.82) is 0 Å². The maximum Gasteiger partial charge on any atom is 0.314 e. The summed E-state index contributed by atoms with van der Waals surface area (Å²) < 4.78 is 11.6. The molecule has 0 amide bonds. The molecule has 0 aliphatic heterocycles. The largest absolute Gasteiger partial charge is 0.426 e. The van der Waals surface area contributed by atoms with E-state index in [1.807, 2.05) is 0 Å². The Balaban J connectivity index is 1.18. The third-order valence-electron chi connectivity index (χ3n) is 9.98. The van der Waals surface area contributed by atoms with Crippen LogP contribution in [0.1, 0.15) is 90.9 Å². The van der Waals surface area contributed by atoms with Crippen molar-refractivity contribution in [3.8, 4) is 11.5 Å². The van der Waals surface area contributed by atoms with Gasteiger partial charge in [0.1, 0.15) is 11.5 Å². The van der Waals surface area contributed by atoms with E-state index in [0.29, 0.717) is 35.2 Å². The van der Waals surface area contributed by atoms with Gasteiger partial charge in [0.15, 0.2) is 0 Å².